The molecule has 0 radical (unpaired) electrons. The standard InChI is InChI=1S/C7H8N2O5/c10-4(6(12)13)3-9-2-1-5(11)8-7(9)14/h1-2,4,10H,3H2,(H,12,13)(H,8,11,14)/t4-/m0/s1. The lowest BCUT2D eigenvalue weighted by molar-refractivity contribution is -0.147. The van der Waals surface area contributed by atoms with Gasteiger partial charge in [0.2, 0.25) is 0 Å². The SMILES string of the molecule is O=C(O)[C@@H](O)Cn1ccc(=O)[nH]c1=O. The van der Waals surface area contributed by atoms with Crippen molar-refractivity contribution in [1.29, 1.82) is 0 Å². The van der Waals surface area contributed by atoms with Gasteiger partial charge in [0.25, 0.3) is 5.56 Å². The second-order valence-corrected chi connectivity index (χ2v) is 2.62. The Morgan fingerprint density at radius 1 is 1.57 bits per heavy atom. The third-order valence-corrected chi connectivity index (χ3v) is 1.55. The molecule has 1 heterocycles. The molecule has 0 spiro atoms. The summed E-state index contributed by atoms with van der Waals surface area (Å²) in [6, 6.07) is 1.07. The van der Waals surface area contributed by atoms with E-state index in [1.165, 1.54) is 0 Å². The lowest BCUT2D eigenvalue weighted by atomic mass is 10.3. The molecule has 0 unspecified atom stereocenters. The number of aliphatic hydroxyl groups is 1. The number of nitrogens with zero attached hydrogens (tertiary/aromatic N) is 1. The zero-order chi connectivity index (χ0) is 10.7. The molecule has 14 heavy (non-hydrogen) atoms. The minimum absolute atomic E-state index is 0.398. The van der Waals surface area contributed by atoms with Crippen LogP contribution in [0.3, 0.4) is 0 Å². The van der Waals surface area contributed by atoms with E-state index in [1.54, 1.807) is 0 Å². The number of H-pyrrole nitrogens is 1. The number of aliphatic hydroxyl groups excluding tert-OH is 1. The van der Waals surface area contributed by atoms with Crippen LogP contribution in [0.4, 0.5) is 0 Å². The van der Waals surface area contributed by atoms with Crippen LogP contribution < -0.4 is 11.2 Å². The van der Waals surface area contributed by atoms with E-state index >= 15 is 0 Å². The van der Waals surface area contributed by atoms with Crippen LogP contribution in [0.5, 0.6) is 0 Å². The number of aliphatic carboxylic acids is 1. The van der Waals surface area contributed by atoms with Gasteiger partial charge in [-0.1, -0.05) is 0 Å². The quantitative estimate of drug-likeness (QED) is 0.521. The highest BCUT2D eigenvalue weighted by atomic mass is 16.4. The van der Waals surface area contributed by atoms with E-state index in [2.05, 4.69) is 0 Å². The van der Waals surface area contributed by atoms with E-state index in [9.17, 15) is 14.4 Å². The number of aromatic amines is 1. The fraction of sp³-hybridized carbons (Fsp3) is 0.286. The van der Waals surface area contributed by atoms with E-state index in [0.29, 0.717) is 0 Å². The van der Waals surface area contributed by atoms with Gasteiger partial charge in [-0.3, -0.25) is 14.3 Å². The number of carboxylic acid groups (broad SMARTS) is 1. The fourth-order valence-electron chi connectivity index (χ4n) is 0.852. The number of carboxylic acids is 1. The van der Waals surface area contributed by atoms with Gasteiger partial charge in [0.15, 0.2) is 6.10 Å². The smallest absolute Gasteiger partial charge is 0.334 e. The first-order chi connectivity index (χ1) is 6.50. The summed E-state index contributed by atoms with van der Waals surface area (Å²) in [6.07, 6.45) is -0.550. The molecule has 0 bridgehead atoms. The van der Waals surface area contributed by atoms with Crippen molar-refractivity contribution in [3.8, 4) is 0 Å². The van der Waals surface area contributed by atoms with E-state index < -0.39 is 29.9 Å². The first-order valence-corrected chi connectivity index (χ1v) is 3.71. The van der Waals surface area contributed by atoms with Gasteiger partial charge in [0, 0.05) is 12.3 Å². The summed E-state index contributed by atoms with van der Waals surface area (Å²) in [6.45, 7) is -0.398. The highest BCUT2D eigenvalue weighted by Gasteiger charge is 2.13. The average molecular weight is 200 g/mol. The molecule has 0 aliphatic carbocycles. The fourth-order valence-corrected chi connectivity index (χ4v) is 0.852. The summed E-state index contributed by atoms with van der Waals surface area (Å²) < 4.78 is 0.903. The van der Waals surface area contributed by atoms with E-state index in [1.807, 2.05) is 4.98 Å². The van der Waals surface area contributed by atoms with Crippen LogP contribution in [-0.4, -0.2) is 31.8 Å². The molecule has 0 aromatic carbocycles. The Morgan fingerprint density at radius 3 is 2.71 bits per heavy atom. The maximum atomic E-state index is 11.0. The molecule has 1 aromatic heterocycles. The largest absolute Gasteiger partial charge is 0.479 e. The van der Waals surface area contributed by atoms with Crippen molar-refractivity contribution in [3.63, 3.8) is 0 Å². The molecule has 1 rings (SSSR count). The molecule has 0 fully saturated rings. The average Bonchev–Trinajstić information content (AvgIpc) is 2.09. The molecule has 0 aliphatic heterocycles. The molecule has 1 atom stereocenters. The van der Waals surface area contributed by atoms with Crippen molar-refractivity contribution in [2.75, 3.05) is 0 Å². The molecule has 0 amide bonds. The minimum atomic E-state index is -1.67. The zero-order valence-corrected chi connectivity index (χ0v) is 7.01. The van der Waals surface area contributed by atoms with Crippen LogP contribution >= 0.6 is 0 Å². The second-order valence-electron chi connectivity index (χ2n) is 2.62. The Balaban J connectivity index is 2.93. The van der Waals surface area contributed by atoms with Crippen LogP contribution in [0.1, 0.15) is 0 Å². The number of carbonyl (C=O) groups is 1. The van der Waals surface area contributed by atoms with Crippen LogP contribution in [0, 0.1) is 0 Å². The Morgan fingerprint density at radius 2 is 2.21 bits per heavy atom. The summed E-state index contributed by atoms with van der Waals surface area (Å²) in [4.78, 5) is 33.8. The van der Waals surface area contributed by atoms with Gasteiger partial charge in [0.1, 0.15) is 0 Å². The molecule has 0 aliphatic rings. The summed E-state index contributed by atoms with van der Waals surface area (Å²) in [5.74, 6) is -1.43. The van der Waals surface area contributed by atoms with Crippen molar-refractivity contribution < 1.29 is 15.0 Å². The summed E-state index contributed by atoms with van der Waals surface area (Å²) >= 11 is 0. The molecule has 7 nitrogen and oxygen atoms in total. The van der Waals surface area contributed by atoms with E-state index in [0.717, 1.165) is 16.8 Å². The summed E-state index contributed by atoms with van der Waals surface area (Å²) in [5.41, 5.74) is -1.33. The number of hydrogen-bond donors (Lipinski definition) is 3. The maximum Gasteiger partial charge on any atom is 0.334 e. The van der Waals surface area contributed by atoms with Gasteiger partial charge in [0.05, 0.1) is 6.54 Å². The van der Waals surface area contributed by atoms with Crippen molar-refractivity contribution in [2.45, 2.75) is 12.6 Å². The summed E-state index contributed by atoms with van der Waals surface area (Å²) in [5, 5.41) is 17.3. The van der Waals surface area contributed by atoms with Crippen LogP contribution in [-0.2, 0) is 11.3 Å². The van der Waals surface area contributed by atoms with Gasteiger partial charge in [-0.05, 0) is 0 Å². The van der Waals surface area contributed by atoms with Crippen LogP contribution in [0.15, 0.2) is 21.9 Å². The first-order valence-electron chi connectivity index (χ1n) is 3.71. The Kier molecular flexibility index (Phi) is 2.82. The topological polar surface area (TPSA) is 112 Å². The lowest BCUT2D eigenvalue weighted by Crippen LogP contribution is -2.34. The van der Waals surface area contributed by atoms with Crippen molar-refractivity contribution in [1.82, 2.24) is 9.55 Å². The molecular formula is C7H8N2O5. The molecule has 1 aromatic rings. The van der Waals surface area contributed by atoms with Gasteiger partial charge < -0.3 is 10.2 Å². The highest BCUT2D eigenvalue weighted by Crippen LogP contribution is 1.86. The minimum Gasteiger partial charge on any atom is -0.479 e. The second kappa shape index (κ2) is 3.88. The summed E-state index contributed by atoms with van der Waals surface area (Å²) in [7, 11) is 0. The Labute approximate surface area is 77.2 Å². The molecule has 7 heteroatoms. The van der Waals surface area contributed by atoms with Crippen molar-refractivity contribution in [3.05, 3.63) is 33.1 Å². The van der Waals surface area contributed by atoms with Gasteiger partial charge >= 0.3 is 11.7 Å². The molecule has 0 saturated carbocycles. The van der Waals surface area contributed by atoms with Gasteiger partial charge in [-0.25, -0.2) is 9.59 Å². The van der Waals surface area contributed by atoms with Crippen molar-refractivity contribution >= 4 is 5.97 Å². The highest BCUT2D eigenvalue weighted by molar-refractivity contribution is 5.71. The monoisotopic (exact) mass is 200 g/mol. The lowest BCUT2D eigenvalue weighted by Gasteiger charge is -2.06. The molecule has 3 N–H and O–H groups in total. The van der Waals surface area contributed by atoms with E-state index in [4.69, 9.17) is 10.2 Å². The van der Waals surface area contributed by atoms with E-state index in [-0.39, 0.29) is 0 Å². The predicted octanol–water partition coefficient (Wildman–Crippen LogP) is -2.02. The first kappa shape index (κ1) is 10.2. The van der Waals surface area contributed by atoms with Gasteiger partial charge in [-0.15, -0.1) is 0 Å². The van der Waals surface area contributed by atoms with Crippen LogP contribution in [0.2, 0.25) is 0 Å². The molecule has 76 valence electrons. The third-order valence-electron chi connectivity index (χ3n) is 1.55. The molecular weight excluding hydrogens is 192 g/mol. The number of rotatable bonds is 3. The third kappa shape index (κ3) is 2.30. The number of nitrogens with one attached hydrogen (secondary N) is 1. The number of hydrogen-bond acceptors (Lipinski definition) is 4. The number of aromatic nitrogens is 2. The maximum absolute atomic E-state index is 11.0. The normalized spacial score (nSPS) is 12.4. The Hall–Kier alpha value is -1.89. The predicted molar refractivity (Wildman–Crippen MR) is 45.0 cm³/mol. The Bertz CT molecular complexity index is 446. The zero-order valence-electron chi connectivity index (χ0n) is 7.01. The molecule has 0 saturated heterocycles. The van der Waals surface area contributed by atoms with Crippen LogP contribution in [0.25, 0.3) is 0 Å². The van der Waals surface area contributed by atoms with Crippen molar-refractivity contribution in [2.24, 2.45) is 0 Å². The van der Waals surface area contributed by atoms with Gasteiger partial charge in [-0.2, -0.15) is 0 Å².